The maximum absolute atomic E-state index is 11.9. The van der Waals surface area contributed by atoms with Crippen LogP contribution in [0.4, 0.5) is 5.69 Å². The predicted octanol–water partition coefficient (Wildman–Crippen LogP) is 1.94. The van der Waals surface area contributed by atoms with E-state index in [9.17, 15) is 14.7 Å². The van der Waals surface area contributed by atoms with Crippen LogP contribution in [-0.4, -0.2) is 34.6 Å². The minimum atomic E-state index is -0.712. The molecule has 0 spiro atoms. The molecule has 2 aromatic rings. The Morgan fingerprint density at radius 2 is 1.96 bits per heavy atom. The number of hydrogen-bond donors (Lipinski definition) is 4. The van der Waals surface area contributed by atoms with Gasteiger partial charge in [0, 0.05) is 28.8 Å². The average Bonchev–Trinajstić information content (AvgIpc) is 2.86. The first-order valence-electron chi connectivity index (χ1n) is 7.73. The maximum Gasteiger partial charge on any atom is 0.313 e. The third kappa shape index (κ3) is 4.56. The molecule has 0 saturated carbocycles. The number of aryl methyl sites for hydroxylation is 1. The minimum Gasteiger partial charge on any atom is -0.393 e. The monoisotopic (exact) mass is 317 g/mol. The maximum atomic E-state index is 11.9. The molecule has 1 aromatic carbocycles. The van der Waals surface area contributed by atoms with Gasteiger partial charge in [-0.25, -0.2) is 0 Å². The van der Waals surface area contributed by atoms with Gasteiger partial charge in [0.05, 0.1) is 6.10 Å². The lowest BCUT2D eigenvalue weighted by Gasteiger charge is -2.14. The van der Waals surface area contributed by atoms with E-state index in [1.54, 1.807) is 6.07 Å². The summed E-state index contributed by atoms with van der Waals surface area (Å²) in [5.41, 5.74) is 2.58. The lowest BCUT2D eigenvalue weighted by molar-refractivity contribution is -0.136. The molecule has 6 heteroatoms. The number of fused-ring (bicyclic) bond motifs is 1. The van der Waals surface area contributed by atoms with Crippen LogP contribution in [0.25, 0.3) is 10.9 Å². The summed E-state index contributed by atoms with van der Waals surface area (Å²) in [5, 5.41) is 15.7. The molecule has 0 aliphatic heterocycles. The van der Waals surface area contributed by atoms with Crippen LogP contribution in [0.15, 0.2) is 24.3 Å². The minimum absolute atomic E-state index is 0.122. The predicted molar refractivity (Wildman–Crippen MR) is 90.1 cm³/mol. The van der Waals surface area contributed by atoms with Crippen molar-refractivity contribution in [3.63, 3.8) is 0 Å². The topological polar surface area (TPSA) is 94.2 Å². The highest BCUT2D eigenvalue weighted by atomic mass is 16.3. The fraction of sp³-hybridized carbons (Fsp3) is 0.412. The Labute approximate surface area is 135 Å². The summed E-state index contributed by atoms with van der Waals surface area (Å²) in [6.07, 6.45) is -0.0664. The summed E-state index contributed by atoms with van der Waals surface area (Å²) < 4.78 is 0. The van der Waals surface area contributed by atoms with E-state index in [0.29, 0.717) is 12.1 Å². The van der Waals surface area contributed by atoms with Gasteiger partial charge in [-0.2, -0.15) is 0 Å². The van der Waals surface area contributed by atoms with Gasteiger partial charge in [-0.15, -0.1) is 0 Å². The third-order valence-corrected chi connectivity index (χ3v) is 3.71. The van der Waals surface area contributed by atoms with Crippen LogP contribution in [0.5, 0.6) is 0 Å². The molecule has 2 amide bonds. The molecular formula is C17H23N3O3. The summed E-state index contributed by atoms with van der Waals surface area (Å²) in [7, 11) is 0. The number of anilines is 1. The Morgan fingerprint density at radius 1 is 1.22 bits per heavy atom. The first-order valence-corrected chi connectivity index (χ1v) is 7.73. The van der Waals surface area contributed by atoms with Crippen LogP contribution in [0, 0.1) is 12.8 Å². The largest absolute Gasteiger partial charge is 0.393 e. The van der Waals surface area contributed by atoms with E-state index in [2.05, 4.69) is 15.6 Å². The van der Waals surface area contributed by atoms with E-state index in [0.717, 1.165) is 16.6 Å². The Hall–Kier alpha value is -2.34. The summed E-state index contributed by atoms with van der Waals surface area (Å²) in [6, 6.07) is 7.38. The Bertz CT molecular complexity index is 706. The van der Waals surface area contributed by atoms with Gasteiger partial charge in [-0.3, -0.25) is 9.59 Å². The zero-order valence-corrected chi connectivity index (χ0v) is 13.6. The summed E-state index contributed by atoms with van der Waals surface area (Å²) in [4.78, 5) is 26.8. The van der Waals surface area contributed by atoms with Crippen molar-refractivity contribution in [3.8, 4) is 0 Å². The first kappa shape index (κ1) is 17.0. The summed E-state index contributed by atoms with van der Waals surface area (Å²) in [5.74, 6) is -1.29. The molecule has 1 atom stereocenters. The van der Waals surface area contributed by atoms with Crippen LogP contribution in [-0.2, 0) is 9.59 Å². The molecule has 0 aliphatic rings. The van der Waals surface area contributed by atoms with E-state index in [4.69, 9.17) is 0 Å². The van der Waals surface area contributed by atoms with E-state index in [-0.39, 0.29) is 12.5 Å². The highest BCUT2D eigenvalue weighted by molar-refractivity contribution is 6.39. The molecule has 1 heterocycles. The Kier molecular flexibility index (Phi) is 5.39. The third-order valence-electron chi connectivity index (χ3n) is 3.71. The van der Waals surface area contributed by atoms with Gasteiger partial charge in [0.2, 0.25) is 0 Å². The lowest BCUT2D eigenvalue weighted by atomic mass is 10.0. The number of carbonyl (C=O) groups is 2. The molecule has 1 unspecified atom stereocenters. The van der Waals surface area contributed by atoms with Gasteiger partial charge in [0.25, 0.3) is 0 Å². The Balaban J connectivity index is 1.88. The van der Waals surface area contributed by atoms with Gasteiger partial charge < -0.3 is 20.7 Å². The molecule has 0 bridgehead atoms. The molecule has 0 fully saturated rings. The zero-order chi connectivity index (χ0) is 17.0. The number of aliphatic hydroxyl groups excluding tert-OH is 1. The van der Waals surface area contributed by atoms with Gasteiger partial charge in [-0.1, -0.05) is 13.8 Å². The number of aliphatic hydroxyl groups is 1. The zero-order valence-electron chi connectivity index (χ0n) is 13.6. The molecule has 2 rings (SSSR count). The number of H-pyrrole nitrogens is 1. The number of aromatic amines is 1. The number of hydrogen-bond acceptors (Lipinski definition) is 3. The quantitative estimate of drug-likeness (QED) is 0.635. The molecular weight excluding hydrogens is 294 g/mol. The summed E-state index contributed by atoms with van der Waals surface area (Å²) in [6.45, 7) is 6.02. The van der Waals surface area contributed by atoms with Crippen molar-refractivity contribution in [2.45, 2.75) is 33.3 Å². The lowest BCUT2D eigenvalue weighted by Crippen LogP contribution is -2.37. The number of nitrogens with one attached hydrogen (secondary N) is 3. The smallest absolute Gasteiger partial charge is 0.313 e. The van der Waals surface area contributed by atoms with Crippen LogP contribution in [0.2, 0.25) is 0 Å². The second-order valence-electron chi connectivity index (χ2n) is 6.06. The van der Waals surface area contributed by atoms with Gasteiger partial charge in [-0.05, 0) is 43.5 Å². The molecule has 23 heavy (non-hydrogen) atoms. The number of carbonyl (C=O) groups excluding carboxylic acids is 2. The van der Waals surface area contributed by atoms with E-state index < -0.39 is 17.9 Å². The highest BCUT2D eigenvalue weighted by Gasteiger charge is 2.15. The van der Waals surface area contributed by atoms with Crippen molar-refractivity contribution < 1.29 is 14.7 Å². The standard InChI is InChI=1S/C17H23N3O3/c1-10(2)15(21)6-7-18-16(22)17(23)20-13-4-5-14-12(9-13)8-11(3)19-14/h4-5,8-10,15,19,21H,6-7H2,1-3H3,(H,18,22)(H,20,23). The molecule has 1 aromatic heterocycles. The van der Waals surface area contributed by atoms with Crippen molar-refractivity contribution in [2.24, 2.45) is 5.92 Å². The van der Waals surface area contributed by atoms with Crippen LogP contribution >= 0.6 is 0 Å². The van der Waals surface area contributed by atoms with E-state index in [1.165, 1.54) is 0 Å². The van der Waals surface area contributed by atoms with E-state index >= 15 is 0 Å². The van der Waals surface area contributed by atoms with Gasteiger partial charge >= 0.3 is 11.8 Å². The van der Waals surface area contributed by atoms with Gasteiger partial charge in [0.1, 0.15) is 0 Å². The average molecular weight is 317 g/mol. The number of benzene rings is 1. The first-order chi connectivity index (χ1) is 10.9. The Morgan fingerprint density at radius 3 is 2.65 bits per heavy atom. The van der Waals surface area contributed by atoms with Crippen molar-refractivity contribution >= 4 is 28.4 Å². The van der Waals surface area contributed by atoms with Crippen molar-refractivity contribution in [1.29, 1.82) is 0 Å². The molecule has 4 N–H and O–H groups in total. The fourth-order valence-electron chi connectivity index (χ4n) is 2.29. The number of aromatic nitrogens is 1. The fourth-order valence-corrected chi connectivity index (χ4v) is 2.29. The summed E-state index contributed by atoms with van der Waals surface area (Å²) >= 11 is 0. The second-order valence-corrected chi connectivity index (χ2v) is 6.06. The molecule has 0 aliphatic carbocycles. The number of rotatable bonds is 5. The highest BCUT2D eigenvalue weighted by Crippen LogP contribution is 2.19. The van der Waals surface area contributed by atoms with Crippen molar-refractivity contribution in [2.75, 3.05) is 11.9 Å². The van der Waals surface area contributed by atoms with Crippen molar-refractivity contribution in [3.05, 3.63) is 30.0 Å². The van der Waals surface area contributed by atoms with Crippen LogP contribution in [0.1, 0.15) is 26.0 Å². The van der Waals surface area contributed by atoms with Crippen LogP contribution in [0.3, 0.4) is 0 Å². The molecule has 0 radical (unpaired) electrons. The number of amides is 2. The SMILES string of the molecule is Cc1cc2cc(NC(=O)C(=O)NCCC(O)C(C)C)ccc2[nH]1. The second kappa shape index (κ2) is 7.28. The normalized spacial score (nSPS) is 12.4. The van der Waals surface area contributed by atoms with E-state index in [1.807, 2.05) is 39.0 Å². The van der Waals surface area contributed by atoms with Gasteiger partial charge in [0.15, 0.2) is 0 Å². The molecule has 6 nitrogen and oxygen atoms in total. The molecule has 0 saturated heterocycles. The van der Waals surface area contributed by atoms with Crippen LogP contribution < -0.4 is 10.6 Å². The molecule has 124 valence electrons. The van der Waals surface area contributed by atoms with Crippen molar-refractivity contribution in [1.82, 2.24) is 10.3 Å².